The molecule has 1 heterocycles. The van der Waals surface area contributed by atoms with Crippen molar-refractivity contribution in [1.82, 2.24) is 4.90 Å². The van der Waals surface area contributed by atoms with Crippen LogP contribution in [0.2, 0.25) is 0 Å². The molecule has 0 aromatic heterocycles. The normalized spacial score (nSPS) is 18.6. The van der Waals surface area contributed by atoms with E-state index in [0.717, 1.165) is 58.6 Å². The van der Waals surface area contributed by atoms with E-state index >= 15 is 0 Å². The summed E-state index contributed by atoms with van der Waals surface area (Å²) in [5, 5.41) is 2.91. The van der Waals surface area contributed by atoms with Crippen LogP contribution in [0.1, 0.15) is 82.9 Å². The Balaban J connectivity index is 1.39. The summed E-state index contributed by atoms with van der Waals surface area (Å²) in [5.41, 5.74) is 6.88. The Labute approximate surface area is 290 Å². The van der Waals surface area contributed by atoms with Crippen molar-refractivity contribution in [2.45, 2.75) is 79.6 Å². The molecule has 7 heteroatoms. The van der Waals surface area contributed by atoms with Crippen molar-refractivity contribution in [1.29, 1.82) is 0 Å². The standard InChI is InChI=1S/C42H48N2O5/c1-7-48-36-21-29(17-18-35(36)49-26-37(47)43-30-16-12-11-13-27(30)2)38-39-31(22-41(3,4)24-33(39)45)44(20-19-28-14-9-8-10-15-28)32-23-42(5,6)25-34(46)40(32)38/h8-18,21,38H,7,19-20,22-26H2,1-6H3,(H,43,47). The highest BCUT2D eigenvalue weighted by Gasteiger charge is 2.49. The van der Waals surface area contributed by atoms with E-state index in [1.54, 1.807) is 6.07 Å². The van der Waals surface area contributed by atoms with Crippen molar-refractivity contribution in [3.8, 4) is 11.5 Å². The summed E-state index contributed by atoms with van der Waals surface area (Å²) in [6.07, 6.45) is 3.15. The molecule has 0 unspecified atom stereocenters. The summed E-state index contributed by atoms with van der Waals surface area (Å²) in [6.45, 7) is 13.4. The third kappa shape index (κ3) is 7.36. The lowest BCUT2D eigenvalue weighted by Crippen LogP contribution is -2.45. The van der Waals surface area contributed by atoms with Crippen LogP contribution in [0.3, 0.4) is 0 Å². The fraction of sp³-hybridized carbons (Fsp3) is 0.405. The summed E-state index contributed by atoms with van der Waals surface area (Å²) >= 11 is 0. The van der Waals surface area contributed by atoms with Gasteiger partial charge in [0.15, 0.2) is 29.7 Å². The first-order valence-corrected chi connectivity index (χ1v) is 17.4. The van der Waals surface area contributed by atoms with Gasteiger partial charge in [-0.2, -0.15) is 0 Å². The van der Waals surface area contributed by atoms with Crippen LogP contribution in [-0.4, -0.2) is 42.1 Å². The number of para-hydroxylation sites is 1. The van der Waals surface area contributed by atoms with E-state index in [-0.39, 0.29) is 34.9 Å². The first kappa shape index (κ1) is 34.2. The van der Waals surface area contributed by atoms with Gasteiger partial charge in [-0.3, -0.25) is 14.4 Å². The van der Waals surface area contributed by atoms with Gasteiger partial charge in [-0.1, -0.05) is 82.3 Å². The van der Waals surface area contributed by atoms with Crippen molar-refractivity contribution in [2.24, 2.45) is 10.8 Å². The zero-order chi connectivity index (χ0) is 34.9. The number of hydrogen-bond donors (Lipinski definition) is 1. The Morgan fingerprint density at radius 2 is 1.41 bits per heavy atom. The molecule has 3 aromatic rings. The number of carbonyl (C=O) groups is 3. The summed E-state index contributed by atoms with van der Waals surface area (Å²) in [5.74, 6) is 0.322. The molecule has 2 aliphatic carbocycles. The Hall–Kier alpha value is -4.65. The predicted octanol–water partition coefficient (Wildman–Crippen LogP) is 8.34. The number of allylic oxidation sites excluding steroid dienone is 4. The van der Waals surface area contributed by atoms with E-state index in [4.69, 9.17) is 9.47 Å². The predicted molar refractivity (Wildman–Crippen MR) is 193 cm³/mol. The van der Waals surface area contributed by atoms with Crippen LogP contribution in [0.5, 0.6) is 11.5 Å². The quantitative estimate of drug-likeness (QED) is 0.235. The molecule has 7 nitrogen and oxygen atoms in total. The number of anilines is 1. The van der Waals surface area contributed by atoms with E-state index < -0.39 is 5.92 Å². The van der Waals surface area contributed by atoms with Gasteiger partial charge in [-0.25, -0.2) is 0 Å². The monoisotopic (exact) mass is 660 g/mol. The molecule has 0 saturated carbocycles. The molecule has 0 fully saturated rings. The topological polar surface area (TPSA) is 84.9 Å². The molecule has 6 rings (SSSR count). The van der Waals surface area contributed by atoms with Gasteiger partial charge in [-0.15, -0.1) is 0 Å². The Morgan fingerprint density at radius 3 is 2.02 bits per heavy atom. The molecule has 49 heavy (non-hydrogen) atoms. The zero-order valence-electron chi connectivity index (χ0n) is 29.7. The van der Waals surface area contributed by atoms with E-state index in [0.29, 0.717) is 37.5 Å². The summed E-state index contributed by atoms with van der Waals surface area (Å²) < 4.78 is 12.1. The van der Waals surface area contributed by atoms with Gasteiger partial charge >= 0.3 is 0 Å². The molecule has 0 bridgehead atoms. The Morgan fingerprint density at radius 1 is 0.796 bits per heavy atom. The van der Waals surface area contributed by atoms with Gasteiger partial charge in [0.05, 0.1) is 6.61 Å². The van der Waals surface area contributed by atoms with Gasteiger partial charge < -0.3 is 19.7 Å². The smallest absolute Gasteiger partial charge is 0.262 e. The minimum Gasteiger partial charge on any atom is -0.490 e. The minimum atomic E-state index is -0.497. The molecule has 0 radical (unpaired) electrons. The van der Waals surface area contributed by atoms with Crippen LogP contribution in [0, 0.1) is 17.8 Å². The van der Waals surface area contributed by atoms with E-state index in [2.05, 4.69) is 62.2 Å². The van der Waals surface area contributed by atoms with Crippen LogP contribution in [0.15, 0.2) is 95.3 Å². The lowest BCUT2D eigenvalue weighted by Gasteiger charge is -2.49. The maximum Gasteiger partial charge on any atom is 0.262 e. The van der Waals surface area contributed by atoms with Gasteiger partial charge in [-0.05, 0) is 78.8 Å². The van der Waals surface area contributed by atoms with Crippen LogP contribution in [0.25, 0.3) is 0 Å². The van der Waals surface area contributed by atoms with Gasteiger partial charge in [0.2, 0.25) is 0 Å². The Bertz CT molecular complexity index is 1780. The third-order valence-corrected chi connectivity index (χ3v) is 9.87. The number of ether oxygens (including phenoxy) is 2. The van der Waals surface area contributed by atoms with Crippen molar-refractivity contribution in [3.63, 3.8) is 0 Å². The van der Waals surface area contributed by atoms with Gasteiger partial charge in [0.25, 0.3) is 5.91 Å². The van der Waals surface area contributed by atoms with Crippen molar-refractivity contribution >= 4 is 23.2 Å². The molecule has 1 aliphatic heterocycles. The number of rotatable bonds is 10. The molecule has 0 spiro atoms. The lowest BCUT2D eigenvalue weighted by atomic mass is 9.63. The highest BCUT2D eigenvalue weighted by molar-refractivity contribution is 6.07. The molecule has 0 atom stereocenters. The molecular formula is C42H48N2O5. The van der Waals surface area contributed by atoms with Crippen LogP contribution in [-0.2, 0) is 20.8 Å². The lowest BCUT2D eigenvalue weighted by molar-refractivity contribution is -0.120. The first-order chi connectivity index (χ1) is 23.4. The highest BCUT2D eigenvalue weighted by atomic mass is 16.5. The van der Waals surface area contributed by atoms with Crippen LogP contribution in [0.4, 0.5) is 5.69 Å². The van der Waals surface area contributed by atoms with Crippen molar-refractivity contribution in [3.05, 3.63) is 112 Å². The minimum absolute atomic E-state index is 0.0938. The Kier molecular flexibility index (Phi) is 9.56. The third-order valence-electron chi connectivity index (χ3n) is 9.87. The first-order valence-electron chi connectivity index (χ1n) is 17.4. The molecule has 1 N–H and O–H groups in total. The van der Waals surface area contributed by atoms with E-state index in [1.165, 1.54) is 5.56 Å². The maximum atomic E-state index is 14.3. The average Bonchev–Trinajstić information content (AvgIpc) is 3.03. The number of amides is 1. The molecule has 3 aromatic carbocycles. The van der Waals surface area contributed by atoms with Crippen LogP contribution < -0.4 is 14.8 Å². The molecule has 256 valence electrons. The molecular weight excluding hydrogens is 612 g/mol. The van der Waals surface area contributed by atoms with Gasteiger partial charge in [0.1, 0.15) is 0 Å². The van der Waals surface area contributed by atoms with E-state index in [9.17, 15) is 14.4 Å². The van der Waals surface area contributed by atoms with Crippen molar-refractivity contribution in [2.75, 3.05) is 25.1 Å². The van der Waals surface area contributed by atoms with E-state index in [1.807, 2.05) is 56.3 Å². The zero-order valence-corrected chi connectivity index (χ0v) is 29.7. The fourth-order valence-electron chi connectivity index (χ4n) is 7.67. The molecule has 1 amide bonds. The number of nitrogens with one attached hydrogen (secondary N) is 1. The summed E-state index contributed by atoms with van der Waals surface area (Å²) in [6, 6.07) is 23.6. The number of Topliss-reactive ketones (excluding diaryl/α,β-unsaturated/α-hetero) is 2. The fourth-order valence-corrected chi connectivity index (χ4v) is 7.67. The second kappa shape index (κ2) is 13.7. The SMILES string of the molecule is CCOc1cc(C2C3=C(CC(C)(C)CC3=O)N(CCc3ccccc3)C3=C2C(=O)CC(C)(C)C3)ccc1OCC(=O)Nc1ccccc1C. The molecule has 0 saturated heterocycles. The summed E-state index contributed by atoms with van der Waals surface area (Å²) in [4.78, 5) is 43.7. The van der Waals surface area contributed by atoms with Crippen LogP contribution >= 0.6 is 0 Å². The largest absolute Gasteiger partial charge is 0.490 e. The number of benzene rings is 3. The number of carbonyl (C=O) groups excluding carboxylic acids is 3. The number of ketones is 2. The number of hydrogen-bond acceptors (Lipinski definition) is 6. The maximum absolute atomic E-state index is 14.3. The highest BCUT2D eigenvalue weighted by Crippen LogP contribution is 2.55. The second-order valence-corrected chi connectivity index (χ2v) is 15.2. The molecule has 3 aliphatic rings. The van der Waals surface area contributed by atoms with Crippen molar-refractivity contribution < 1.29 is 23.9 Å². The van der Waals surface area contributed by atoms with Gasteiger partial charge in [0, 0.05) is 53.5 Å². The number of nitrogens with zero attached hydrogens (tertiary/aromatic N) is 1. The average molecular weight is 661 g/mol. The number of aryl methyl sites for hydroxylation is 1. The summed E-state index contributed by atoms with van der Waals surface area (Å²) in [7, 11) is 0. The second-order valence-electron chi connectivity index (χ2n) is 15.2.